The van der Waals surface area contributed by atoms with E-state index in [9.17, 15) is 9.59 Å². The lowest BCUT2D eigenvalue weighted by Crippen LogP contribution is -2.51. The van der Waals surface area contributed by atoms with Gasteiger partial charge in [-0.2, -0.15) is 0 Å². The lowest BCUT2D eigenvalue weighted by atomic mass is 9.90. The third-order valence-electron chi connectivity index (χ3n) is 10.3. The molecule has 49 heavy (non-hydrogen) atoms. The van der Waals surface area contributed by atoms with Gasteiger partial charge in [-0.15, -0.1) is 0 Å². The highest BCUT2D eigenvalue weighted by Crippen LogP contribution is 2.28. The quantitative estimate of drug-likeness (QED) is 0.252. The van der Waals surface area contributed by atoms with Crippen molar-refractivity contribution in [1.29, 1.82) is 0 Å². The number of H-pyrrole nitrogens is 1. The van der Waals surface area contributed by atoms with Crippen LogP contribution in [-0.4, -0.2) is 85.6 Å². The smallest absolute Gasteiger partial charge is 0.246 e. The summed E-state index contributed by atoms with van der Waals surface area (Å²) in [4.78, 5) is 47.5. The van der Waals surface area contributed by atoms with Crippen molar-refractivity contribution in [2.45, 2.75) is 111 Å². The van der Waals surface area contributed by atoms with Crippen LogP contribution in [0.4, 0.5) is 0 Å². The number of nitrogens with zero attached hydrogens (tertiary/aromatic N) is 6. The van der Waals surface area contributed by atoms with Gasteiger partial charge < -0.3 is 25.0 Å². The largest absolute Gasteiger partial charge is 0.365 e. The number of aromatic amines is 1. The monoisotopic (exact) mass is 670 g/mol. The summed E-state index contributed by atoms with van der Waals surface area (Å²) in [7, 11) is 0. The van der Waals surface area contributed by atoms with E-state index >= 15 is 0 Å². The number of aryl methyl sites for hydroxylation is 1. The third kappa shape index (κ3) is 9.92. The second-order valence-electron chi connectivity index (χ2n) is 13.9. The van der Waals surface area contributed by atoms with E-state index < -0.39 is 0 Å². The molecule has 5 heterocycles. The van der Waals surface area contributed by atoms with Crippen molar-refractivity contribution < 1.29 is 9.59 Å². The summed E-state index contributed by atoms with van der Waals surface area (Å²) >= 11 is 0. The average Bonchev–Trinajstić information content (AvgIpc) is 3.59. The number of hydrogen-bond donors (Lipinski definition) is 2. The highest BCUT2D eigenvalue weighted by molar-refractivity contribution is 5.87. The van der Waals surface area contributed by atoms with Gasteiger partial charge in [0.1, 0.15) is 17.8 Å². The Bertz CT molecular complexity index is 1540. The molecule has 3 aliphatic rings. The van der Waals surface area contributed by atoms with Crippen LogP contribution in [0, 0.1) is 18.8 Å². The maximum atomic E-state index is 13.3. The van der Waals surface area contributed by atoms with E-state index in [1.807, 2.05) is 29.0 Å². The third-order valence-corrected chi connectivity index (χ3v) is 10.3. The van der Waals surface area contributed by atoms with E-state index in [0.29, 0.717) is 37.4 Å². The van der Waals surface area contributed by atoms with E-state index in [1.54, 1.807) is 12.7 Å². The summed E-state index contributed by atoms with van der Waals surface area (Å²) in [5, 5.41) is 4.71. The fraction of sp³-hybridized carbons (Fsp3) is 0.564. The van der Waals surface area contributed by atoms with E-state index in [4.69, 9.17) is 4.99 Å². The Kier molecular flexibility index (Phi) is 13.8. The summed E-state index contributed by atoms with van der Waals surface area (Å²) in [6.07, 6.45) is 19.0. The van der Waals surface area contributed by atoms with Gasteiger partial charge in [0.05, 0.1) is 12.0 Å². The predicted molar refractivity (Wildman–Crippen MR) is 200 cm³/mol. The van der Waals surface area contributed by atoms with E-state index in [1.165, 1.54) is 25.3 Å². The average molecular weight is 671 g/mol. The number of allylic oxidation sites excluding steroid dienone is 2. The maximum absolute atomic E-state index is 13.3. The molecule has 266 valence electrons. The zero-order chi connectivity index (χ0) is 35.5. The summed E-state index contributed by atoms with van der Waals surface area (Å²) in [5.41, 5.74) is 3.72. The van der Waals surface area contributed by atoms with Crippen LogP contribution in [0.25, 0.3) is 11.0 Å². The number of nitrogens with one attached hydrogen (secondary N) is 2. The van der Waals surface area contributed by atoms with Crippen molar-refractivity contribution in [3.8, 4) is 0 Å². The Morgan fingerprint density at radius 2 is 1.86 bits per heavy atom. The molecule has 10 nitrogen and oxygen atoms in total. The number of rotatable bonds is 11. The normalized spacial score (nSPS) is 23.5. The van der Waals surface area contributed by atoms with Crippen molar-refractivity contribution in [3.63, 3.8) is 0 Å². The van der Waals surface area contributed by atoms with Crippen molar-refractivity contribution in [2.24, 2.45) is 16.8 Å². The topological polar surface area (TPSA) is 110 Å². The lowest BCUT2D eigenvalue weighted by molar-refractivity contribution is -0.135. The molecule has 0 spiro atoms. The van der Waals surface area contributed by atoms with E-state index in [0.717, 1.165) is 66.0 Å². The van der Waals surface area contributed by atoms with Gasteiger partial charge >= 0.3 is 0 Å². The van der Waals surface area contributed by atoms with Gasteiger partial charge in [0.2, 0.25) is 11.8 Å². The number of carbonyl (C=O) groups excluding carboxylic acids is 2. The van der Waals surface area contributed by atoms with Crippen LogP contribution in [0.3, 0.4) is 0 Å². The first kappa shape index (κ1) is 37.6. The van der Waals surface area contributed by atoms with Gasteiger partial charge in [0.25, 0.3) is 0 Å². The SMILES string of the molecule is C=CC(=O)N1CC(NC2=C(/C=C\C(C)CC)C(=C)N(CCC(=O)N3CC(CCC)CCC3C)C=N2)CCC1C.Cc1ncnc2[nH]ccc12. The molecule has 2 amide bonds. The molecule has 5 atom stereocenters. The molecule has 2 fully saturated rings. The second-order valence-corrected chi connectivity index (χ2v) is 13.9. The molecular weight excluding hydrogens is 612 g/mol. The van der Waals surface area contributed by atoms with Crippen molar-refractivity contribution >= 4 is 29.2 Å². The number of fused-ring (bicyclic) bond motifs is 1. The number of aromatic nitrogens is 3. The molecule has 10 heteroatoms. The first-order valence-corrected chi connectivity index (χ1v) is 18.2. The molecule has 0 aliphatic carbocycles. The predicted octanol–water partition coefficient (Wildman–Crippen LogP) is 6.90. The van der Waals surface area contributed by atoms with E-state index in [2.05, 4.69) is 85.1 Å². The summed E-state index contributed by atoms with van der Waals surface area (Å²) in [6.45, 7) is 23.0. The minimum atomic E-state index is -0.0312. The molecule has 2 saturated heterocycles. The zero-order valence-electron chi connectivity index (χ0n) is 30.6. The van der Waals surface area contributed by atoms with Crippen LogP contribution in [0.2, 0.25) is 0 Å². The van der Waals surface area contributed by atoms with Gasteiger partial charge in [-0.05, 0) is 76.9 Å². The molecule has 5 rings (SSSR count). The standard InChI is InChI=1S/C32H51N5O2.C7H7N3/c1-8-11-27-15-13-24(5)36(20-27)31(39)18-19-35-22-33-32(29(26(35)7)17-12-23(4)9-2)34-28-16-14-25(6)37(21-28)30(38)10-3;1-5-6-2-3-8-7(6)10-4-9-5/h10,12,17,22-25,27-28,34H,3,7-9,11,13-16,18-21H2,1-2,4-6H3;2-4H,1H3,(H,8,9,10)/b17-12-;. The van der Waals surface area contributed by atoms with Crippen molar-refractivity contribution in [3.05, 3.63) is 72.8 Å². The minimum Gasteiger partial charge on any atom is -0.365 e. The van der Waals surface area contributed by atoms with Crippen LogP contribution in [0.5, 0.6) is 0 Å². The molecule has 2 N–H and O–H groups in total. The highest BCUT2D eigenvalue weighted by Gasteiger charge is 2.31. The molecule has 0 radical (unpaired) electrons. The first-order valence-electron chi connectivity index (χ1n) is 18.2. The van der Waals surface area contributed by atoms with Gasteiger partial charge in [0.15, 0.2) is 0 Å². The van der Waals surface area contributed by atoms with Crippen LogP contribution >= 0.6 is 0 Å². The second kappa shape index (κ2) is 18.0. The van der Waals surface area contributed by atoms with Crippen LogP contribution < -0.4 is 5.32 Å². The Morgan fingerprint density at radius 1 is 1.10 bits per heavy atom. The van der Waals surface area contributed by atoms with Gasteiger partial charge in [-0.1, -0.05) is 58.9 Å². The Labute approximate surface area is 293 Å². The Hall–Kier alpha value is -4.21. The summed E-state index contributed by atoms with van der Waals surface area (Å²) in [6, 6.07) is 2.58. The molecule has 0 aromatic carbocycles. The Morgan fingerprint density at radius 3 is 2.57 bits per heavy atom. The molecule has 0 saturated carbocycles. The molecule has 5 unspecified atom stereocenters. The van der Waals surface area contributed by atoms with Crippen LogP contribution in [-0.2, 0) is 9.59 Å². The van der Waals surface area contributed by atoms with Gasteiger partial charge in [-0.25, -0.2) is 15.0 Å². The molecule has 3 aliphatic heterocycles. The number of aliphatic imine (C=N–C) groups is 1. The number of amides is 2. The minimum absolute atomic E-state index is 0.0312. The number of hydrogen-bond acceptors (Lipinski definition) is 7. The lowest BCUT2D eigenvalue weighted by Gasteiger charge is -2.39. The zero-order valence-corrected chi connectivity index (χ0v) is 30.6. The fourth-order valence-electron chi connectivity index (χ4n) is 6.82. The summed E-state index contributed by atoms with van der Waals surface area (Å²) < 4.78 is 0. The van der Waals surface area contributed by atoms with Gasteiger partial charge in [0, 0.05) is 67.0 Å². The van der Waals surface area contributed by atoms with Gasteiger partial charge in [-0.3, -0.25) is 9.59 Å². The maximum Gasteiger partial charge on any atom is 0.246 e. The Balaban J connectivity index is 0.000000456. The first-order chi connectivity index (χ1) is 23.6. The van der Waals surface area contributed by atoms with Crippen molar-refractivity contribution in [1.82, 2.24) is 35.0 Å². The highest BCUT2D eigenvalue weighted by atomic mass is 16.2. The number of carbonyl (C=O) groups is 2. The number of likely N-dealkylation sites (tertiary alicyclic amines) is 2. The number of piperidine rings is 2. The fourth-order valence-corrected chi connectivity index (χ4v) is 6.82. The molecule has 2 aromatic rings. The molecule has 2 aromatic heterocycles. The van der Waals surface area contributed by atoms with Crippen LogP contribution in [0.1, 0.15) is 91.7 Å². The molecule has 0 bridgehead atoms. The van der Waals surface area contributed by atoms with Crippen molar-refractivity contribution in [2.75, 3.05) is 19.6 Å². The van der Waals surface area contributed by atoms with Crippen LogP contribution in [0.15, 0.2) is 72.1 Å². The molecular formula is C39H58N8O2. The van der Waals surface area contributed by atoms with E-state index in [-0.39, 0.29) is 23.9 Å². The summed E-state index contributed by atoms with van der Waals surface area (Å²) in [5.74, 6) is 2.02.